The Labute approximate surface area is 139 Å². The van der Waals surface area contributed by atoms with Crippen molar-refractivity contribution >= 4 is 34.3 Å². The molecule has 0 saturated carbocycles. The predicted octanol–water partition coefficient (Wildman–Crippen LogP) is 3.49. The van der Waals surface area contributed by atoms with Gasteiger partial charge in [0.15, 0.2) is 0 Å². The Hall–Kier alpha value is -3.15. The summed E-state index contributed by atoms with van der Waals surface area (Å²) in [6.07, 6.45) is 0. The SMILES string of the molecule is Cc1ccc(Nc2nc(NCC(=O)O)c3ccccc3n2)cc1C. The summed E-state index contributed by atoms with van der Waals surface area (Å²) in [5.41, 5.74) is 4.01. The van der Waals surface area contributed by atoms with Gasteiger partial charge in [-0.3, -0.25) is 4.79 Å². The molecule has 0 atom stereocenters. The lowest BCUT2D eigenvalue weighted by atomic mass is 10.1. The van der Waals surface area contributed by atoms with Crippen LogP contribution in [0.25, 0.3) is 10.9 Å². The number of hydrogen-bond donors (Lipinski definition) is 3. The largest absolute Gasteiger partial charge is 0.480 e. The van der Waals surface area contributed by atoms with Crippen LogP contribution in [-0.4, -0.2) is 27.6 Å². The van der Waals surface area contributed by atoms with E-state index in [1.807, 2.05) is 49.4 Å². The van der Waals surface area contributed by atoms with E-state index in [1.165, 1.54) is 11.1 Å². The van der Waals surface area contributed by atoms with Crippen molar-refractivity contribution in [2.24, 2.45) is 0 Å². The van der Waals surface area contributed by atoms with Crippen LogP contribution in [0.5, 0.6) is 0 Å². The smallest absolute Gasteiger partial charge is 0.322 e. The van der Waals surface area contributed by atoms with Gasteiger partial charge in [-0.25, -0.2) is 4.98 Å². The summed E-state index contributed by atoms with van der Waals surface area (Å²) >= 11 is 0. The van der Waals surface area contributed by atoms with Gasteiger partial charge in [-0.15, -0.1) is 0 Å². The number of aryl methyl sites for hydroxylation is 2. The highest BCUT2D eigenvalue weighted by Gasteiger charge is 2.09. The molecular weight excluding hydrogens is 304 g/mol. The highest BCUT2D eigenvalue weighted by Crippen LogP contribution is 2.24. The Morgan fingerprint density at radius 2 is 1.88 bits per heavy atom. The minimum Gasteiger partial charge on any atom is -0.480 e. The highest BCUT2D eigenvalue weighted by molar-refractivity contribution is 5.91. The average molecular weight is 322 g/mol. The second kappa shape index (κ2) is 6.54. The van der Waals surface area contributed by atoms with E-state index in [9.17, 15) is 4.79 Å². The van der Waals surface area contributed by atoms with Gasteiger partial charge in [0.2, 0.25) is 5.95 Å². The maximum Gasteiger partial charge on any atom is 0.322 e. The van der Waals surface area contributed by atoms with Crippen LogP contribution < -0.4 is 10.6 Å². The van der Waals surface area contributed by atoms with E-state index in [0.717, 1.165) is 16.6 Å². The number of carbonyl (C=O) groups is 1. The molecule has 3 rings (SSSR count). The van der Waals surface area contributed by atoms with Crippen LogP contribution in [0.2, 0.25) is 0 Å². The molecule has 0 aliphatic carbocycles. The minimum atomic E-state index is -0.943. The van der Waals surface area contributed by atoms with E-state index in [-0.39, 0.29) is 6.54 Å². The lowest BCUT2D eigenvalue weighted by molar-refractivity contribution is -0.134. The molecule has 1 aromatic heterocycles. The van der Waals surface area contributed by atoms with Crippen LogP contribution in [0.1, 0.15) is 11.1 Å². The summed E-state index contributed by atoms with van der Waals surface area (Å²) in [7, 11) is 0. The van der Waals surface area contributed by atoms with Crippen molar-refractivity contribution in [3.63, 3.8) is 0 Å². The molecule has 1 heterocycles. The summed E-state index contributed by atoms with van der Waals surface area (Å²) in [5.74, 6) is -0.0273. The zero-order chi connectivity index (χ0) is 17.1. The second-order valence-corrected chi connectivity index (χ2v) is 5.58. The molecule has 122 valence electrons. The Balaban J connectivity index is 1.98. The van der Waals surface area contributed by atoms with E-state index in [4.69, 9.17) is 5.11 Å². The number of nitrogens with zero attached hydrogens (tertiary/aromatic N) is 2. The van der Waals surface area contributed by atoms with Gasteiger partial charge in [0.1, 0.15) is 12.4 Å². The first-order valence-electron chi connectivity index (χ1n) is 7.59. The van der Waals surface area contributed by atoms with Crippen LogP contribution in [0.3, 0.4) is 0 Å². The molecule has 3 aromatic rings. The molecule has 0 fully saturated rings. The number of carboxylic acid groups (broad SMARTS) is 1. The number of hydrogen-bond acceptors (Lipinski definition) is 5. The molecule has 0 spiro atoms. The Bertz CT molecular complexity index is 909. The average Bonchev–Trinajstić information content (AvgIpc) is 2.56. The number of carboxylic acids is 1. The van der Waals surface area contributed by atoms with Gasteiger partial charge in [0, 0.05) is 11.1 Å². The molecule has 0 bridgehead atoms. The molecular formula is C18H18N4O2. The van der Waals surface area contributed by atoms with Crippen molar-refractivity contribution < 1.29 is 9.90 Å². The maximum atomic E-state index is 10.8. The number of para-hydroxylation sites is 1. The molecule has 6 nitrogen and oxygen atoms in total. The number of aliphatic carboxylic acids is 1. The minimum absolute atomic E-state index is 0.204. The molecule has 0 unspecified atom stereocenters. The van der Waals surface area contributed by atoms with Gasteiger partial charge in [-0.1, -0.05) is 18.2 Å². The highest BCUT2D eigenvalue weighted by atomic mass is 16.4. The Morgan fingerprint density at radius 1 is 1.08 bits per heavy atom. The molecule has 0 saturated heterocycles. The normalized spacial score (nSPS) is 10.6. The predicted molar refractivity (Wildman–Crippen MR) is 94.9 cm³/mol. The third-order valence-corrected chi connectivity index (χ3v) is 3.77. The van der Waals surface area contributed by atoms with E-state index in [0.29, 0.717) is 11.8 Å². The van der Waals surface area contributed by atoms with Crippen molar-refractivity contribution in [2.45, 2.75) is 13.8 Å². The summed E-state index contributed by atoms with van der Waals surface area (Å²) in [6.45, 7) is 3.89. The quantitative estimate of drug-likeness (QED) is 0.666. The van der Waals surface area contributed by atoms with Crippen LogP contribution in [0, 0.1) is 13.8 Å². The fourth-order valence-corrected chi connectivity index (χ4v) is 2.37. The molecule has 2 aromatic carbocycles. The molecule has 0 aliphatic rings. The van der Waals surface area contributed by atoms with Crippen molar-refractivity contribution in [2.75, 3.05) is 17.2 Å². The van der Waals surface area contributed by atoms with Gasteiger partial charge in [0.05, 0.1) is 5.52 Å². The van der Waals surface area contributed by atoms with Gasteiger partial charge < -0.3 is 15.7 Å². The van der Waals surface area contributed by atoms with E-state index < -0.39 is 5.97 Å². The monoisotopic (exact) mass is 322 g/mol. The zero-order valence-corrected chi connectivity index (χ0v) is 13.5. The van der Waals surface area contributed by atoms with Gasteiger partial charge >= 0.3 is 5.97 Å². The summed E-state index contributed by atoms with van der Waals surface area (Å²) < 4.78 is 0. The standard InChI is InChI=1S/C18H18N4O2/c1-11-7-8-13(9-12(11)2)20-18-21-15-6-4-3-5-14(15)17(22-18)19-10-16(23)24/h3-9H,10H2,1-2H3,(H,23,24)(H2,19,20,21,22). The van der Waals surface area contributed by atoms with Crippen LogP contribution in [0.15, 0.2) is 42.5 Å². The third-order valence-electron chi connectivity index (χ3n) is 3.77. The van der Waals surface area contributed by atoms with Crippen LogP contribution >= 0.6 is 0 Å². The fraction of sp³-hybridized carbons (Fsp3) is 0.167. The van der Waals surface area contributed by atoms with Crippen LogP contribution in [0.4, 0.5) is 17.5 Å². The van der Waals surface area contributed by atoms with Crippen molar-refractivity contribution in [1.82, 2.24) is 9.97 Å². The van der Waals surface area contributed by atoms with E-state index >= 15 is 0 Å². The van der Waals surface area contributed by atoms with Gasteiger partial charge in [-0.05, 0) is 49.2 Å². The summed E-state index contributed by atoms with van der Waals surface area (Å²) in [4.78, 5) is 19.8. The molecule has 0 radical (unpaired) electrons. The van der Waals surface area contributed by atoms with E-state index in [2.05, 4.69) is 27.5 Å². The molecule has 0 amide bonds. The number of rotatable bonds is 5. The second-order valence-electron chi connectivity index (χ2n) is 5.58. The van der Waals surface area contributed by atoms with Crippen molar-refractivity contribution in [3.05, 3.63) is 53.6 Å². The first-order chi connectivity index (χ1) is 11.5. The topological polar surface area (TPSA) is 87.1 Å². The summed E-state index contributed by atoms with van der Waals surface area (Å²) in [5, 5.41) is 15.7. The van der Waals surface area contributed by atoms with Crippen LogP contribution in [-0.2, 0) is 4.79 Å². The molecule has 0 aliphatic heterocycles. The van der Waals surface area contributed by atoms with Gasteiger partial charge in [0.25, 0.3) is 0 Å². The number of nitrogens with one attached hydrogen (secondary N) is 2. The molecule has 3 N–H and O–H groups in total. The van der Waals surface area contributed by atoms with Crippen molar-refractivity contribution in [3.8, 4) is 0 Å². The number of anilines is 3. The lowest BCUT2D eigenvalue weighted by Crippen LogP contribution is -2.14. The fourth-order valence-electron chi connectivity index (χ4n) is 2.37. The molecule has 6 heteroatoms. The molecule has 24 heavy (non-hydrogen) atoms. The third kappa shape index (κ3) is 3.43. The van der Waals surface area contributed by atoms with Crippen molar-refractivity contribution in [1.29, 1.82) is 0 Å². The number of aromatic nitrogens is 2. The first-order valence-corrected chi connectivity index (χ1v) is 7.59. The lowest BCUT2D eigenvalue weighted by Gasteiger charge is -2.11. The summed E-state index contributed by atoms with van der Waals surface area (Å²) in [6, 6.07) is 13.5. The van der Waals surface area contributed by atoms with Gasteiger partial charge in [-0.2, -0.15) is 4.98 Å². The number of benzene rings is 2. The zero-order valence-electron chi connectivity index (χ0n) is 13.5. The number of fused-ring (bicyclic) bond motifs is 1. The van der Waals surface area contributed by atoms with E-state index in [1.54, 1.807) is 0 Å². The Morgan fingerprint density at radius 3 is 2.62 bits per heavy atom. The Kier molecular flexibility index (Phi) is 4.29. The maximum absolute atomic E-state index is 10.8. The first kappa shape index (κ1) is 15.7.